The van der Waals surface area contributed by atoms with Gasteiger partial charge in [0.1, 0.15) is 0 Å². The van der Waals surface area contributed by atoms with Gasteiger partial charge in [0.25, 0.3) is 0 Å². The maximum atomic E-state index is 5.88. The summed E-state index contributed by atoms with van der Waals surface area (Å²) in [5.41, 5.74) is 0. The third kappa shape index (κ3) is 2.42. The zero-order chi connectivity index (χ0) is 11.5. The molecule has 1 N–H and O–H groups in total. The van der Waals surface area contributed by atoms with Crippen molar-refractivity contribution in [1.29, 1.82) is 0 Å². The van der Waals surface area contributed by atoms with Crippen LogP contribution in [-0.4, -0.2) is 24.7 Å². The first-order valence-corrected chi connectivity index (χ1v) is 6.97. The maximum absolute atomic E-state index is 5.88. The lowest BCUT2D eigenvalue weighted by Crippen LogP contribution is -2.30. The van der Waals surface area contributed by atoms with E-state index in [1.165, 1.54) is 17.5 Å². The van der Waals surface area contributed by atoms with Gasteiger partial charge in [0, 0.05) is 10.9 Å². The van der Waals surface area contributed by atoms with E-state index in [9.17, 15) is 0 Å². The van der Waals surface area contributed by atoms with E-state index in [1.54, 1.807) is 11.3 Å². The molecule has 1 saturated heterocycles. The van der Waals surface area contributed by atoms with E-state index in [0.717, 1.165) is 31.0 Å². The average molecular weight is 248 g/mol. The highest BCUT2D eigenvalue weighted by molar-refractivity contribution is 7.17. The van der Waals surface area contributed by atoms with Gasteiger partial charge in [-0.25, -0.2) is 4.98 Å². The van der Waals surface area contributed by atoms with Gasteiger partial charge in [0.15, 0.2) is 0 Å². The first kappa shape index (κ1) is 11.0. The van der Waals surface area contributed by atoms with Crippen LogP contribution in [0.25, 0.3) is 10.1 Å². The molecule has 2 aromatic heterocycles. The highest BCUT2D eigenvalue weighted by Crippen LogP contribution is 2.28. The molecule has 0 aromatic carbocycles. The molecule has 0 amide bonds. The van der Waals surface area contributed by atoms with Crippen LogP contribution in [0.1, 0.15) is 12.8 Å². The van der Waals surface area contributed by atoms with E-state index in [-0.39, 0.29) is 0 Å². The van der Waals surface area contributed by atoms with Crippen molar-refractivity contribution in [2.75, 3.05) is 19.7 Å². The maximum Gasteiger partial charge on any atom is 0.222 e. The van der Waals surface area contributed by atoms with Crippen molar-refractivity contribution in [3.05, 3.63) is 23.7 Å². The summed E-state index contributed by atoms with van der Waals surface area (Å²) in [6.45, 7) is 3.03. The predicted octanol–water partition coefficient (Wildman–Crippen LogP) is 2.67. The van der Waals surface area contributed by atoms with Gasteiger partial charge < -0.3 is 10.1 Å². The topological polar surface area (TPSA) is 34.1 Å². The molecule has 0 spiro atoms. The third-order valence-electron chi connectivity index (χ3n) is 3.26. The molecule has 0 atom stereocenters. The first-order valence-electron chi connectivity index (χ1n) is 6.09. The van der Waals surface area contributed by atoms with E-state index < -0.39 is 0 Å². The standard InChI is InChI=1S/C13H16N2OS/c1-5-14-6-2-10(1)9-16-13-11-4-8-17-12(11)3-7-15-13/h3-4,7-8,10,14H,1-2,5-6,9H2. The minimum atomic E-state index is 0.673. The Labute approximate surface area is 105 Å². The molecule has 0 bridgehead atoms. The zero-order valence-electron chi connectivity index (χ0n) is 9.69. The molecule has 1 aliphatic heterocycles. The van der Waals surface area contributed by atoms with Gasteiger partial charge in [-0.2, -0.15) is 0 Å². The molecule has 3 heterocycles. The van der Waals surface area contributed by atoms with Crippen molar-refractivity contribution in [1.82, 2.24) is 10.3 Å². The van der Waals surface area contributed by atoms with Crippen LogP contribution in [0.15, 0.2) is 23.7 Å². The van der Waals surface area contributed by atoms with Gasteiger partial charge in [-0.3, -0.25) is 0 Å². The zero-order valence-corrected chi connectivity index (χ0v) is 10.5. The lowest BCUT2D eigenvalue weighted by Gasteiger charge is -2.22. The predicted molar refractivity (Wildman–Crippen MR) is 70.7 cm³/mol. The molecule has 90 valence electrons. The summed E-state index contributed by atoms with van der Waals surface area (Å²) in [7, 11) is 0. The van der Waals surface area contributed by atoms with Crippen molar-refractivity contribution in [2.24, 2.45) is 5.92 Å². The Balaban J connectivity index is 1.69. The molecule has 1 fully saturated rings. The normalized spacial score (nSPS) is 17.4. The smallest absolute Gasteiger partial charge is 0.222 e. The van der Waals surface area contributed by atoms with Gasteiger partial charge in [0.05, 0.1) is 12.0 Å². The third-order valence-corrected chi connectivity index (χ3v) is 4.14. The molecule has 3 rings (SSSR count). The number of hydrogen-bond donors (Lipinski definition) is 1. The van der Waals surface area contributed by atoms with Crippen LogP contribution in [0.5, 0.6) is 5.88 Å². The Hall–Kier alpha value is -1.13. The van der Waals surface area contributed by atoms with Gasteiger partial charge in [-0.05, 0) is 49.4 Å². The Morgan fingerprint density at radius 2 is 2.24 bits per heavy atom. The Kier molecular flexibility index (Phi) is 3.25. The van der Waals surface area contributed by atoms with Crippen LogP contribution >= 0.6 is 11.3 Å². The van der Waals surface area contributed by atoms with Crippen LogP contribution in [0.4, 0.5) is 0 Å². The first-order chi connectivity index (χ1) is 8.43. The lowest BCUT2D eigenvalue weighted by atomic mass is 9.99. The van der Waals surface area contributed by atoms with Crippen molar-refractivity contribution in [3.8, 4) is 5.88 Å². The van der Waals surface area contributed by atoms with Crippen LogP contribution in [0.3, 0.4) is 0 Å². The number of rotatable bonds is 3. The molecule has 2 aromatic rings. The summed E-state index contributed by atoms with van der Waals surface area (Å²) < 4.78 is 7.14. The summed E-state index contributed by atoms with van der Waals surface area (Å²) in [5.74, 6) is 1.47. The van der Waals surface area contributed by atoms with E-state index in [2.05, 4.69) is 21.7 Å². The number of thiophene rings is 1. The summed E-state index contributed by atoms with van der Waals surface area (Å²) in [4.78, 5) is 4.33. The van der Waals surface area contributed by atoms with Crippen molar-refractivity contribution in [2.45, 2.75) is 12.8 Å². The molecular weight excluding hydrogens is 232 g/mol. The fourth-order valence-corrected chi connectivity index (χ4v) is 3.00. The largest absolute Gasteiger partial charge is 0.477 e. The van der Waals surface area contributed by atoms with Crippen LogP contribution in [-0.2, 0) is 0 Å². The molecule has 0 saturated carbocycles. The van der Waals surface area contributed by atoms with Crippen molar-refractivity contribution in [3.63, 3.8) is 0 Å². The van der Waals surface area contributed by atoms with Crippen molar-refractivity contribution < 1.29 is 4.74 Å². The summed E-state index contributed by atoms with van der Waals surface area (Å²) in [6.07, 6.45) is 4.25. The van der Waals surface area contributed by atoms with Gasteiger partial charge in [0.2, 0.25) is 5.88 Å². The van der Waals surface area contributed by atoms with Crippen LogP contribution in [0.2, 0.25) is 0 Å². The van der Waals surface area contributed by atoms with Gasteiger partial charge in [-0.1, -0.05) is 0 Å². The molecule has 17 heavy (non-hydrogen) atoms. The minimum absolute atomic E-state index is 0.673. The fraction of sp³-hybridized carbons (Fsp3) is 0.462. The molecule has 1 aliphatic rings. The summed E-state index contributed by atoms with van der Waals surface area (Å²) >= 11 is 1.73. The molecule has 3 nitrogen and oxygen atoms in total. The number of pyridine rings is 1. The number of aromatic nitrogens is 1. The number of nitrogens with one attached hydrogen (secondary N) is 1. The number of piperidine rings is 1. The number of nitrogens with zero attached hydrogens (tertiary/aromatic N) is 1. The summed E-state index contributed by atoms with van der Waals surface area (Å²) in [5, 5.41) is 6.60. The Morgan fingerprint density at radius 1 is 1.35 bits per heavy atom. The lowest BCUT2D eigenvalue weighted by molar-refractivity contribution is 0.211. The van der Waals surface area contributed by atoms with E-state index in [4.69, 9.17) is 4.74 Å². The molecule has 0 radical (unpaired) electrons. The minimum Gasteiger partial charge on any atom is -0.477 e. The monoisotopic (exact) mass is 248 g/mol. The van der Waals surface area contributed by atoms with Crippen LogP contribution < -0.4 is 10.1 Å². The highest BCUT2D eigenvalue weighted by atomic mass is 32.1. The fourth-order valence-electron chi connectivity index (χ4n) is 2.23. The number of fused-ring (bicyclic) bond motifs is 1. The highest BCUT2D eigenvalue weighted by Gasteiger charge is 2.14. The second kappa shape index (κ2) is 5.02. The Bertz CT molecular complexity index is 491. The molecule has 0 aliphatic carbocycles. The van der Waals surface area contributed by atoms with Gasteiger partial charge >= 0.3 is 0 Å². The SMILES string of the molecule is c1cc2sccc2c(OCC2CCNCC2)n1. The molecule has 4 heteroatoms. The summed E-state index contributed by atoms with van der Waals surface area (Å²) in [6, 6.07) is 4.13. The van der Waals surface area contributed by atoms with E-state index >= 15 is 0 Å². The second-order valence-electron chi connectivity index (χ2n) is 4.45. The molecule has 0 unspecified atom stereocenters. The Morgan fingerprint density at radius 3 is 3.12 bits per heavy atom. The average Bonchev–Trinajstić information content (AvgIpc) is 2.86. The van der Waals surface area contributed by atoms with Gasteiger partial charge in [-0.15, -0.1) is 11.3 Å². The quantitative estimate of drug-likeness (QED) is 0.906. The molecular formula is C13H16N2OS. The number of ether oxygens (including phenoxy) is 1. The van der Waals surface area contributed by atoms with Crippen LogP contribution in [0, 0.1) is 5.92 Å². The van der Waals surface area contributed by atoms with E-state index in [0.29, 0.717) is 5.92 Å². The number of hydrogen-bond acceptors (Lipinski definition) is 4. The second-order valence-corrected chi connectivity index (χ2v) is 5.40. The van der Waals surface area contributed by atoms with E-state index in [1.807, 2.05) is 12.3 Å². The van der Waals surface area contributed by atoms with Crippen molar-refractivity contribution >= 4 is 21.4 Å².